The lowest BCUT2D eigenvalue weighted by atomic mass is 9.86. The Kier molecular flexibility index (Phi) is 6.69. The molecular weight excluding hydrogens is 424 g/mol. The number of aliphatic carboxylic acids is 2. The van der Waals surface area contributed by atoms with Crippen molar-refractivity contribution >= 4 is 22.8 Å². The average Bonchev–Trinajstić information content (AvgIpc) is 3.19. The van der Waals surface area contributed by atoms with Crippen LogP contribution in [0.5, 0.6) is 5.88 Å². The lowest BCUT2D eigenvalue weighted by molar-refractivity contribution is -0.134. The molecule has 2 bridgehead atoms. The molecule has 33 heavy (non-hydrogen) atoms. The molecule has 0 aliphatic carbocycles. The number of ether oxygens (including phenoxy) is 1. The van der Waals surface area contributed by atoms with E-state index in [-0.39, 0.29) is 6.10 Å². The molecule has 1 aromatic carbocycles. The zero-order chi connectivity index (χ0) is 23.4. The Bertz CT molecular complexity index is 1150. The van der Waals surface area contributed by atoms with Crippen molar-refractivity contribution < 1.29 is 24.5 Å². The number of carboxylic acids is 2. The molecule has 3 aromatic rings. The van der Waals surface area contributed by atoms with E-state index in [1.165, 1.54) is 36.9 Å². The van der Waals surface area contributed by atoms with E-state index in [9.17, 15) is 9.59 Å². The van der Waals surface area contributed by atoms with Crippen molar-refractivity contribution in [2.75, 3.05) is 19.6 Å². The Hall–Kier alpha value is -3.72. The number of H-pyrrole nitrogens is 1. The van der Waals surface area contributed by atoms with Crippen LogP contribution in [0.4, 0.5) is 0 Å². The summed E-state index contributed by atoms with van der Waals surface area (Å²) in [5.41, 5.74) is 4.35. The van der Waals surface area contributed by atoms with Crippen molar-refractivity contribution in [1.29, 1.82) is 0 Å². The second-order valence-corrected chi connectivity index (χ2v) is 8.29. The highest BCUT2D eigenvalue weighted by atomic mass is 16.5. The van der Waals surface area contributed by atoms with Crippen LogP contribution >= 0.6 is 0 Å². The van der Waals surface area contributed by atoms with Crippen molar-refractivity contribution in [3.05, 3.63) is 54.2 Å². The van der Waals surface area contributed by atoms with Crippen LogP contribution in [-0.2, 0) is 9.59 Å². The average molecular weight is 450 g/mol. The molecule has 0 saturated carbocycles. The first-order valence-electron chi connectivity index (χ1n) is 10.8. The minimum atomic E-state index is -1.26. The van der Waals surface area contributed by atoms with Crippen LogP contribution in [0.3, 0.4) is 0 Å². The fourth-order valence-corrected chi connectivity index (χ4v) is 4.30. The van der Waals surface area contributed by atoms with E-state index in [2.05, 4.69) is 45.2 Å². The standard InChI is InChI=1S/C20H22N4O.C4H4O4/c1-13-11-21-18-3-2-15(10-16(13)18)17-4-5-20(23-22-17)25-19-12-24-8-6-14(19)7-9-24;5-3(6)1-2-4(7)8/h2-5,10-11,14,19,21H,6-9,12H2,1H3;1-2H,(H,5,6)(H,7,8)/b;2-1+/t19-;/m0./s1. The van der Waals surface area contributed by atoms with Crippen LogP contribution in [0.15, 0.2) is 48.7 Å². The zero-order valence-corrected chi connectivity index (χ0v) is 18.3. The molecule has 3 saturated heterocycles. The summed E-state index contributed by atoms with van der Waals surface area (Å²) in [7, 11) is 0. The third kappa shape index (κ3) is 5.56. The Morgan fingerprint density at radius 1 is 1.09 bits per heavy atom. The Morgan fingerprint density at radius 2 is 1.82 bits per heavy atom. The van der Waals surface area contributed by atoms with Gasteiger partial charge in [-0.2, -0.15) is 0 Å². The van der Waals surface area contributed by atoms with Gasteiger partial charge in [0.25, 0.3) is 0 Å². The molecule has 0 radical (unpaired) electrons. The number of aromatic nitrogens is 3. The predicted octanol–water partition coefficient (Wildman–Crippen LogP) is 3.12. The van der Waals surface area contributed by atoms with E-state index in [0.29, 0.717) is 23.9 Å². The van der Waals surface area contributed by atoms with E-state index in [4.69, 9.17) is 14.9 Å². The van der Waals surface area contributed by atoms with Crippen LogP contribution < -0.4 is 4.74 Å². The van der Waals surface area contributed by atoms with E-state index in [1.54, 1.807) is 0 Å². The van der Waals surface area contributed by atoms with Crippen LogP contribution in [0.2, 0.25) is 0 Å². The van der Waals surface area contributed by atoms with Gasteiger partial charge < -0.3 is 19.9 Å². The number of rotatable bonds is 5. The summed E-state index contributed by atoms with van der Waals surface area (Å²) in [6.07, 6.45) is 5.90. The summed E-state index contributed by atoms with van der Waals surface area (Å²) in [4.78, 5) is 24.9. The highest BCUT2D eigenvalue weighted by molar-refractivity contribution is 5.89. The number of hydrogen-bond donors (Lipinski definition) is 3. The smallest absolute Gasteiger partial charge is 0.328 e. The fourth-order valence-electron chi connectivity index (χ4n) is 4.30. The molecule has 5 heterocycles. The van der Waals surface area contributed by atoms with Gasteiger partial charge in [0.2, 0.25) is 5.88 Å². The highest BCUT2D eigenvalue weighted by Crippen LogP contribution is 2.30. The SMILES string of the molecule is Cc1c[nH]c2ccc(-c3ccc(O[C@H]4CN5CCC4CC5)nn3)cc12.O=C(O)/C=C/C(=O)O. The minimum absolute atomic E-state index is 0.265. The van der Waals surface area contributed by atoms with Crippen LogP contribution in [0.25, 0.3) is 22.2 Å². The molecular formula is C24H26N4O5. The Labute approximate surface area is 190 Å². The van der Waals surface area contributed by atoms with Crippen molar-refractivity contribution in [2.24, 2.45) is 5.92 Å². The van der Waals surface area contributed by atoms with E-state index in [0.717, 1.165) is 23.3 Å². The number of hydrogen-bond acceptors (Lipinski definition) is 6. The lowest BCUT2D eigenvalue weighted by Crippen LogP contribution is -2.52. The van der Waals surface area contributed by atoms with Crippen molar-refractivity contribution in [2.45, 2.75) is 25.9 Å². The molecule has 2 aromatic heterocycles. The zero-order valence-electron chi connectivity index (χ0n) is 18.3. The van der Waals surface area contributed by atoms with Gasteiger partial charge in [0.1, 0.15) is 6.10 Å². The van der Waals surface area contributed by atoms with Crippen LogP contribution in [-0.4, -0.2) is 68.0 Å². The molecule has 172 valence electrons. The van der Waals surface area contributed by atoms with Gasteiger partial charge in [-0.15, -0.1) is 10.2 Å². The first-order chi connectivity index (χ1) is 15.9. The summed E-state index contributed by atoms with van der Waals surface area (Å²) in [5.74, 6) is -1.20. The Morgan fingerprint density at radius 3 is 2.39 bits per heavy atom. The number of carbonyl (C=O) groups is 2. The molecule has 0 amide bonds. The van der Waals surface area contributed by atoms with Crippen LogP contribution in [0.1, 0.15) is 18.4 Å². The van der Waals surface area contributed by atoms with Gasteiger partial charge in [0.05, 0.1) is 5.69 Å². The minimum Gasteiger partial charge on any atom is -0.478 e. The summed E-state index contributed by atoms with van der Waals surface area (Å²) in [6, 6.07) is 10.3. The fraction of sp³-hybridized carbons (Fsp3) is 0.333. The van der Waals surface area contributed by atoms with Gasteiger partial charge in [-0.1, -0.05) is 6.07 Å². The van der Waals surface area contributed by atoms with Gasteiger partial charge >= 0.3 is 11.9 Å². The normalized spacial score (nSPS) is 21.5. The summed E-state index contributed by atoms with van der Waals surface area (Å²) in [6.45, 7) is 5.57. The topological polar surface area (TPSA) is 129 Å². The number of fused-ring (bicyclic) bond motifs is 4. The Balaban J connectivity index is 0.000000281. The van der Waals surface area contributed by atoms with Crippen LogP contribution in [0, 0.1) is 12.8 Å². The number of piperidine rings is 3. The van der Waals surface area contributed by atoms with Gasteiger partial charge in [-0.3, -0.25) is 4.90 Å². The largest absolute Gasteiger partial charge is 0.478 e. The summed E-state index contributed by atoms with van der Waals surface area (Å²) < 4.78 is 6.14. The predicted molar refractivity (Wildman–Crippen MR) is 122 cm³/mol. The molecule has 3 fully saturated rings. The van der Waals surface area contributed by atoms with Gasteiger partial charge in [-0.05, 0) is 62.5 Å². The first kappa shape index (κ1) is 22.5. The third-order valence-electron chi connectivity index (χ3n) is 6.06. The van der Waals surface area contributed by atoms with Gasteiger partial charge in [-0.25, -0.2) is 9.59 Å². The highest BCUT2D eigenvalue weighted by Gasteiger charge is 2.35. The quantitative estimate of drug-likeness (QED) is 0.506. The number of carboxylic acid groups (broad SMARTS) is 2. The first-order valence-corrected chi connectivity index (χ1v) is 10.8. The number of benzene rings is 1. The maximum Gasteiger partial charge on any atom is 0.328 e. The molecule has 0 unspecified atom stereocenters. The molecule has 3 aliphatic rings. The van der Waals surface area contributed by atoms with Gasteiger partial charge in [0.15, 0.2) is 0 Å². The maximum atomic E-state index is 9.55. The molecule has 9 nitrogen and oxygen atoms in total. The third-order valence-corrected chi connectivity index (χ3v) is 6.06. The monoisotopic (exact) mass is 450 g/mol. The maximum absolute atomic E-state index is 9.55. The van der Waals surface area contributed by atoms with Gasteiger partial charge in [0, 0.05) is 47.4 Å². The second-order valence-electron chi connectivity index (χ2n) is 8.29. The molecule has 3 aliphatic heterocycles. The summed E-state index contributed by atoms with van der Waals surface area (Å²) in [5, 5.41) is 25.6. The summed E-state index contributed by atoms with van der Waals surface area (Å²) >= 11 is 0. The molecule has 3 N–H and O–H groups in total. The number of nitrogens with one attached hydrogen (secondary N) is 1. The number of aryl methyl sites for hydroxylation is 1. The van der Waals surface area contributed by atoms with Crippen molar-refractivity contribution in [3.8, 4) is 17.1 Å². The molecule has 6 rings (SSSR count). The van der Waals surface area contributed by atoms with Crippen molar-refractivity contribution in [1.82, 2.24) is 20.1 Å². The molecule has 0 spiro atoms. The molecule has 1 atom stereocenters. The molecule has 9 heteroatoms. The van der Waals surface area contributed by atoms with E-state index < -0.39 is 11.9 Å². The van der Waals surface area contributed by atoms with E-state index in [1.807, 2.05) is 18.3 Å². The number of aromatic amines is 1. The second kappa shape index (κ2) is 9.83. The lowest BCUT2D eigenvalue weighted by Gasteiger charge is -2.44. The van der Waals surface area contributed by atoms with E-state index >= 15 is 0 Å². The number of nitrogens with zero attached hydrogens (tertiary/aromatic N) is 3. The van der Waals surface area contributed by atoms with Crippen molar-refractivity contribution in [3.63, 3.8) is 0 Å².